The standard InChI is InChI=1S/C18H21BrN2O3S2/c1-12(26(23,24)11-13-6-5-7-14(19)10-13)17(22)21-18-20-15-8-3-2-4-9-16(15)25-18/h5-7,10,12H,2-4,8-9,11H2,1H3,(H,20,21,22). The van der Waals surface area contributed by atoms with E-state index < -0.39 is 21.0 Å². The minimum Gasteiger partial charge on any atom is -0.301 e. The van der Waals surface area contributed by atoms with Crippen LogP contribution in [0.4, 0.5) is 5.13 Å². The molecule has 0 radical (unpaired) electrons. The van der Waals surface area contributed by atoms with Crippen molar-refractivity contribution in [3.05, 3.63) is 44.9 Å². The first-order valence-electron chi connectivity index (χ1n) is 8.60. The Hall–Kier alpha value is -1.25. The maximum absolute atomic E-state index is 12.6. The van der Waals surface area contributed by atoms with Gasteiger partial charge in [0.15, 0.2) is 15.0 Å². The van der Waals surface area contributed by atoms with Crippen molar-refractivity contribution in [3.8, 4) is 0 Å². The highest BCUT2D eigenvalue weighted by Crippen LogP contribution is 2.29. The SMILES string of the molecule is CC(C(=O)Nc1nc2c(s1)CCCCC2)S(=O)(=O)Cc1cccc(Br)c1. The fraction of sp³-hybridized carbons (Fsp3) is 0.444. The van der Waals surface area contributed by atoms with Gasteiger partial charge in [-0.2, -0.15) is 0 Å². The first-order valence-corrected chi connectivity index (χ1v) is 11.9. The van der Waals surface area contributed by atoms with Gasteiger partial charge in [0.25, 0.3) is 0 Å². The summed E-state index contributed by atoms with van der Waals surface area (Å²) >= 11 is 4.80. The third-order valence-electron chi connectivity index (χ3n) is 4.49. The molecule has 0 fully saturated rings. The summed E-state index contributed by atoms with van der Waals surface area (Å²) in [7, 11) is -3.61. The number of fused-ring (bicyclic) bond motifs is 1. The van der Waals surface area contributed by atoms with E-state index in [0.29, 0.717) is 10.7 Å². The van der Waals surface area contributed by atoms with Crippen molar-refractivity contribution in [2.24, 2.45) is 0 Å². The van der Waals surface area contributed by atoms with Gasteiger partial charge in [0.2, 0.25) is 5.91 Å². The molecule has 1 aliphatic carbocycles. The number of rotatable bonds is 5. The van der Waals surface area contributed by atoms with E-state index in [1.54, 1.807) is 18.2 Å². The van der Waals surface area contributed by atoms with Gasteiger partial charge in [-0.25, -0.2) is 13.4 Å². The molecule has 5 nitrogen and oxygen atoms in total. The molecule has 1 atom stereocenters. The molecule has 1 aromatic heterocycles. The van der Waals surface area contributed by atoms with Crippen LogP contribution in [0.25, 0.3) is 0 Å². The van der Waals surface area contributed by atoms with Crippen LogP contribution >= 0.6 is 27.3 Å². The summed E-state index contributed by atoms with van der Waals surface area (Å²) < 4.78 is 26.0. The highest BCUT2D eigenvalue weighted by molar-refractivity contribution is 9.10. The Morgan fingerprint density at radius 3 is 2.85 bits per heavy atom. The number of hydrogen-bond donors (Lipinski definition) is 1. The van der Waals surface area contributed by atoms with E-state index in [1.165, 1.54) is 29.6 Å². The first kappa shape index (κ1) is 19.5. The van der Waals surface area contributed by atoms with Crippen LogP contribution in [0.3, 0.4) is 0 Å². The van der Waals surface area contributed by atoms with Crippen molar-refractivity contribution in [2.75, 3.05) is 5.32 Å². The number of thiazole rings is 1. The highest BCUT2D eigenvalue weighted by Gasteiger charge is 2.29. The zero-order valence-electron chi connectivity index (χ0n) is 14.5. The summed E-state index contributed by atoms with van der Waals surface area (Å²) in [5, 5.41) is 2.07. The normalized spacial score (nSPS) is 15.8. The summed E-state index contributed by atoms with van der Waals surface area (Å²) in [6, 6.07) is 7.10. The van der Waals surface area contributed by atoms with Crippen molar-refractivity contribution in [3.63, 3.8) is 0 Å². The molecular weight excluding hydrogens is 436 g/mol. The van der Waals surface area contributed by atoms with Crippen LogP contribution in [0, 0.1) is 0 Å². The number of benzene rings is 1. The molecule has 1 aliphatic rings. The minimum absolute atomic E-state index is 0.171. The largest absolute Gasteiger partial charge is 0.301 e. The number of halogens is 1. The quantitative estimate of drug-likeness (QED) is 0.686. The molecule has 0 aliphatic heterocycles. The molecule has 1 heterocycles. The third kappa shape index (κ3) is 4.72. The number of hydrogen-bond acceptors (Lipinski definition) is 5. The van der Waals surface area contributed by atoms with Crippen LogP contribution in [0.15, 0.2) is 28.7 Å². The fourth-order valence-electron chi connectivity index (χ4n) is 2.94. The lowest BCUT2D eigenvalue weighted by Gasteiger charge is -2.12. The number of aromatic nitrogens is 1. The van der Waals surface area contributed by atoms with E-state index >= 15 is 0 Å². The molecule has 0 spiro atoms. The molecule has 1 amide bonds. The van der Waals surface area contributed by atoms with Crippen molar-refractivity contribution >= 4 is 48.1 Å². The number of sulfone groups is 1. The number of amides is 1. The Morgan fingerprint density at radius 1 is 1.31 bits per heavy atom. The molecule has 0 saturated heterocycles. The molecule has 26 heavy (non-hydrogen) atoms. The summed E-state index contributed by atoms with van der Waals surface area (Å²) in [5.74, 6) is -0.695. The third-order valence-corrected chi connectivity index (χ3v) is 8.08. The Balaban J connectivity index is 1.69. The predicted octanol–water partition coefficient (Wildman–Crippen LogP) is 4.12. The number of anilines is 1. The van der Waals surface area contributed by atoms with Crippen LogP contribution in [0.2, 0.25) is 0 Å². The molecule has 1 unspecified atom stereocenters. The second-order valence-electron chi connectivity index (χ2n) is 6.52. The van der Waals surface area contributed by atoms with Crippen LogP contribution < -0.4 is 5.32 Å². The number of aryl methyl sites for hydroxylation is 2. The monoisotopic (exact) mass is 456 g/mol. The van der Waals surface area contributed by atoms with Gasteiger partial charge in [-0.3, -0.25) is 4.79 Å². The zero-order valence-corrected chi connectivity index (χ0v) is 17.7. The number of nitrogens with one attached hydrogen (secondary N) is 1. The molecule has 1 aromatic carbocycles. The maximum Gasteiger partial charge on any atom is 0.244 e. The molecule has 2 aromatic rings. The average Bonchev–Trinajstić information content (AvgIpc) is 2.82. The topological polar surface area (TPSA) is 76.1 Å². The molecule has 140 valence electrons. The summed E-state index contributed by atoms with van der Waals surface area (Å²) in [6.07, 6.45) is 5.37. The van der Waals surface area contributed by atoms with Gasteiger partial charge in [0.05, 0.1) is 11.4 Å². The number of nitrogens with zero attached hydrogens (tertiary/aromatic N) is 1. The van der Waals surface area contributed by atoms with Gasteiger partial charge in [-0.05, 0) is 50.3 Å². The van der Waals surface area contributed by atoms with E-state index in [2.05, 4.69) is 26.2 Å². The van der Waals surface area contributed by atoms with Gasteiger partial charge in [0, 0.05) is 9.35 Å². The molecule has 1 N–H and O–H groups in total. The highest BCUT2D eigenvalue weighted by atomic mass is 79.9. The average molecular weight is 457 g/mol. The molecule has 8 heteroatoms. The number of carbonyl (C=O) groups excluding carboxylic acids is 1. The van der Waals surface area contributed by atoms with Gasteiger partial charge >= 0.3 is 0 Å². The van der Waals surface area contributed by atoms with Crippen molar-refractivity contribution in [2.45, 2.75) is 50.0 Å². The van der Waals surface area contributed by atoms with E-state index in [0.717, 1.165) is 35.8 Å². The fourth-order valence-corrected chi connectivity index (χ4v) is 5.72. The molecule has 0 bridgehead atoms. The van der Waals surface area contributed by atoms with E-state index in [9.17, 15) is 13.2 Å². The van der Waals surface area contributed by atoms with Gasteiger partial charge < -0.3 is 5.32 Å². The summed E-state index contributed by atoms with van der Waals surface area (Å²) in [4.78, 5) is 18.2. The molecule has 3 rings (SSSR count). The van der Waals surface area contributed by atoms with Crippen LogP contribution in [-0.4, -0.2) is 24.6 Å². The lowest BCUT2D eigenvalue weighted by Crippen LogP contribution is -2.33. The van der Waals surface area contributed by atoms with E-state index in [4.69, 9.17) is 0 Å². The maximum atomic E-state index is 12.6. The van der Waals surface area contributed by atoms with Gasteiger partial charge in [-0.1, -0.05) is 34.5 Å². The van der Waals surface area contributed by atoms with E-state index in [1.807, 2.05) is 6.07 Å². The summed E-state index contributed by atoms with van der Waals surface area (Å²) in [6.45, 7) is 1.43. The summed E-state index contributed by atoms with van der Waals surface area (Å²) in [5.41, 5.74) is 1.70. The second kappa shape index (κ2) is 8.19. The van der Waals surface area contributed by atoms with Crippen molar-refractivity contribution in [1.29, 1.82) is 0 Å². The second-order valence-corrected chi connectivity index (χ2v) is 10.8. The van der Waals surface area contributed by atoms with Crippen LogP contribution in [-0.2, 0) is 33.2 Å². The van der Waals surface area contributed by atoms with Crippen LogP contribution in [0.5, 0.6) is 0 Å². The van der Waals surface area contributed by atoms with E-state index in [-0.39, 0.29) is 5.75 Å². The first-order chi connectivity index (χ1) is 12.3. The molecule has 0 saturated carbocycles. The minimum atomic E-state index is -3.61. The predicted molar refractivity (Wildman–Crippen MR) is 108 cm³/mol. The lowest BCUT2D eigenvalue weighted by molar-refractivity contribution is -0.115. The smallest absolute Gasteiger partial charge is 0.244 e. The van der Waals surface area contributed by atoms with Crippen molar-refractivity contribution in [1.82, 2.24) is 4.98 Å². The lowest BCUT2D eigenvalue weighted by atomic mass is 10.2. The van der Waals surface area contributed by atoms with Gasteiger partial charge in [0.1, 0.15) is 5.25 Å². The Morgan fingerprint density at radius 2 is 2.08 bits per heavy atom. The number of carbonyl (C=O) groups is 1. The molecular formula is C18H21BrN2O3S2. The van der Waals surface area contributed by atoms with Crippen LogP contribution in [0.1, 0.15) is 42.3 Å². The van der Waals surface area contributed by atoms with Gasteiger partial charge in [-0.15, -0.1) is 11.3 Å². The Bertz CT molecular complexity index is 885. The Kier molecular flexibility index (Phi) is 6.14. The zero-order chi connectivity index (χ0) is 18.7. The Labute approximate surface area is 166 Å². The van der Waals surface area contributed by atoms with Crippen molar-refractivity contribution < 1.29 is 13.2 Å².